The average molecular weight is 108 g/mol. The van der Waals surface area contributed by atoms with Gasteiger partial charge in [0.05, 0.1) is 0 Å². The molecule has 0 saturated carbocycles. The maximum Gasteiger partial charge on any atom is 0.0457 e. The molecule has 0 rings (SSSR count). The van der Waals surface area contributed by atoms with E-state index in [1.807, 2.05) is 13.0 Å². The summed E-state index contributed by atoms with van der Waals surface area (Å²) >= 11 is 0. The summed E-state index contributed by atoms with van der Waals surface area (Å²) in [5, 5.41) is 0. The molecule has 0 heteroatoms. The fraction of sp³-hybridized carbons (Fsp3) is 0.500. The molecule has 1 atom stereocenters. The summed E-state index contributed by atoms with van der Waals surface area (Å²) in [6.45, 7) is 7.69. The quantitative estimate of drug-likeness (QED) is 0.376. The van der Waals surface area contributed by atoms with Crippen LogP contribution >= 0.6 is 0 Å². The third-order valence-corrected chi connectivity index (χ3v) is 1.51. The van der Waals surface area contributed by atoms with Gasteiger partial charge in [-0.2, -0.15) is 0 Å². The molecule has 0 spiro atoms. The van der Waals surface area contributed by atoms with Crippen molar-refractivity contribution in [1.82, 2.24) is 0 Å². The minimum atomic E-state index is -0.0833. The first-order chi connectivity index (χ1) is 3.68. The molecular weight excluding hydrogens is 96.1 g/mol. The monoisotopic (exact) mass is 108 g/mol. The smallest absolute Gasteiger partial charge is 0.0457 e. The minimum absolute atomic E-state index is 0.0833. The Balaban J connectivity index is 4.03. The van der Waals surface area contributed by atoms with E-state index in [9.17, 15) is 0 Å². The molecule has 1 unspecified atom stereocenters. The van der Waals surface area contributed by atoms with Crippen molar-refractivity contribution < 1.29 is 0 Å². The molecule has 0 nitrogen and oxygen atoms in total. The second-order valence-electron chi connectivity index (χ2n) is 2.12. The Bertz CT molecular complexity index is 116. The van der Waals surface area contributed by atoms with Gasteiger partial charge in [-0.3, -0.25) is 0 Å². The van der Waals surface area contributed by atoms with Crippen molar-refractivity contribution in [3.8, 4) is 12.3 Å². The zero-order valence-electron chi connectivity index (χ0n) is 5.57. The lowest BCUT2D eigenvalue weighted by atomic mass is 9.89. The highest BCUT2D eigenvalue weighted by Crippen LogP contribution is 2.19. The van der Waals surface area contributed by atoms with Crippen LogP contribution in [0.1, 0.15) is 20.3 Å². The first-order valence-corrected chi connectivity index (χ1v) is 2.80. The molecule has 0 aromatic heterocycles. The van der Waals surface area contributed by atoms with E-state index in [2.05, 4.69) is 19.4 Å². The van der Waals surface area contributed by atoms with Crippen molar-refractivity contribution in [3.05, 3.63) is 12.7 Å². The van der Waals surface area contributed by atoms with E-state index >= 15 is 0 Å². The molecule has 0 aromatic carbocycles. The molecule has 0 aliphatic carbocycles. The highest BCUT2D eigenvalue weighted by Gasteiger charge is 2.11. The van der Waals surface area contributed by atoms with Crippen LogP contribution in [0.2, 0.25) is 0 Å². The van der Waals surface area contributed by atoms with Crippen LogP contribution in [0.5, 0.6) is 0 Å². The van der Waals surface area contributed by atoms with Crippen molar-refractivity contribution in [3.63, 3.8) is 0 Å². The number of terminal acetylenes is 1. The normalized spacial score (nSPS) is 16.1. The van der Waals surface area contributed by atoms with E-state index in [1.54, 1.807) is 0 Å². The number of hydrogen-bond acceptors (Lipinski definition) is 0. The Morgan fingerprint density at radius 2 is 2.38 bits per heavy atom. The van der Waals surface area contributed by atoms with Crippen LogP contribution in [0.15, 0.2) is 12.7 Å². The number of allylic oxidation sites excluding steroid dienone is 1. The average Bonchev–Trinajstić information content (AvgIpc) is 1.87. The molecule has 0 saturated heterocycles. The first-order valence-electron chi connectivity index (χ1n) is 2.80. The van der Waals surface area contributed by atoms with Gasteiger partial charge in [-0.15, -0.1) is 13.0 Å². The van der Waals surface area contributed by atoms with Crippen molar-refractivity contribution >= 4 is 0 Å². The zero-order valence-corrected chi connectivity index (χ0v) is 5.57. The fourth-order valence-electron chi connectivity index (χ4n) is 0.305. The minimum Gasteiger partial charge on any atom is -0.119 e. The van der Waals surface area contributed by atoms with Gasteiger partial charge in [-0.05, 0) is 13.3 Å². The summed E-state index contributed by atoms with van der Waals surface area (Å²) in [5.74, 6) is 2.66. The van der Waals surface area contributed by atoms with Crippen LogP contribution < -0.4 is 0 Å². The summed E-state index contributed by atoms with van der Waals surface area (Å²) in [7, 11) is 0. The molecule has 44 valence electrons. The molecule has 0 amide bonds. The number of hydrogen-bond donors (Lipinski definition) is 0. The molecule has 0 bridgehead atoms. The second-order valence-corrected chi connectivity index (χ2v) is 2.12. The van der Waals surface area contributed by atoms with E-state index in [0.29, 0.717) is 0 Å². The van der Waals surface area contributed by atoms with Gasteiger partial charge >= 0.3 is 0 Å². The first kappa shape index (κ1) is 7.30. The van der Waals surface area contributed by atoms with E-state index in [-0.39, 0.29) is 5.41 Å². The van der Waals surface area contributed by atoms with Crippen molar-refractivity contribution in [2.24, 2.45) is 5.41 Å². The van der Waals surface area contributed by atoms with Crippen LogP contribution in [0.4, 0.5) is 0 Å². The van der Waals surface area contributed by atoms with E-state index in [0.717, 1.165) is 6.42 Å². The van der Waals surface area contributed by atoms with Crippen molar-refractivity contribution in [2.75, 3.05) is 0 Å². The van der Waals surface area contributed by atoms with Gasteiger partial charge in [-0.1, -0.05) is 18.9 Å². The lowest BCUT2D eigenvalue weighted by Gasteiger charge is -2.13. The lowest BCUT2D eigenvalue weighted by Crippen LogP contribution is -2.06. The van der Waals surface area contributed by atoms with E-state index in [1.165, 1.54) is 0 Å². The predicted molar refractivity (Wildman–Crippen MR) is 37.4 cm³/mol. The van der Waals surface area contributed by atoms with Crippen molar-refractivity contribution in [1.29, 1.82) is 0 Å². The standard InChI is InChI=1S/C8H12/c1-5-8(4,6-2)7-3/h1,6H,2,7H2,3-4H3. The van der Waals surface area contributed by atoms with Crippen LogP contribution in [-0.4, -0.2) is 0 Å². The Morgan fingerprint density at radius 1 is 1.88 bits per heavy atom. The van der Waals surface area contributed by atoms with Crippen LogP contribution in [0.25, 0.3) is 0 Å². The summed E-state index contributed by atoms with van der Waals surface area (Å²) in [4.78, 5) is 0. The van der Waals surface area contributed by atoms with Crippen LogP contribution in [0.3, 0.4) is 0 Å². The summed E-state index contributed by atoms with van der Waals surface area (Å²) in [6, 6.07) is 0. The third-order valence-electron chi connectivity index (χ3n) is 1.51. The van der Waals surface area contributed by atoms with Gasteiger partial charge in [0.2, 0.25) is 0 Å². The van der Waals surface area contributed by atoms with Gasteiger partial charge in [-0.25, -0.2) is 0 Å². The van der Waals surface area contributed by atoms with Gasteiger partial charge in [0, 0.05) is 5.41 Å². The van der Waals surface area contributed by atoms with Gasteiger partial charge < -0.3 is 0 Å². The maximum atomic E-state index is 5.21. The van der Waals surface area contributed by atoms with Crippen LogP contribution in [-0.2, 0) is 0 Å². The van der Waals surface area contributed by atoms with Gasteiger partial charge in [0.15, 0.2) is 0 Å². The largest absolute Gasteiger partial charge is 0.119 e. The molecule has 0 aliphatic rings. The highest BCUT2D eigenvalue weighted by molar-refractivity contribution is 5.11. The summed E-state index contributed by atoms with van der Waals surface area (Å²) in [6.07, 6.45) is 7.98. The Hall–Kier alpha value is -0.700. The maximum absolute atomic E-state index is 5.21. The van der Waals surface area contributed by atoms with Gasteiger partial charge in [0.1, 0.15) is 0 Å². The molecule has 0 fully saturated rings. The van der Waals surface area contributed by atoms with E-state index in [4.69, 9.17) is 6.42 Å². The molecule has 8 heavy (non-hydrogen) atoms. The Labute approximate surface area is 51.6 Å². The molecule has 0 aliphatic heterocycles. The van der Waals surface area contributed by atoms with Crippen LogP contribution in [0, 0.1) is 17.8 Å². The molecule has 0 radical (unpaired) electrons. The SMILES string of the molecule is C#CC(C)(C=C)CC. The topological polar surface area (TPSA) is 0 Å². The fourth-order valence-corrected chi connectivity index (χ4v) is 0.305. The molecule has 0 aromatic rings. The second kappa shape index (κ2) is 2.57. The third kappa shape index (κ3) is 1.42. The molecular formula is C8H12. The lowest BCUT2D eigenvalue weighted by molar-refractivity contribution is 0.556. The highest BCUT2D eigenvalue weighted by atomic mass is 14.1. The van der Waals surface area contributed by atoms with Crippen molar-refractivity contribution in [2.45, 2.75) is 20.3 Å². The Kier molecular flexibility index (Phi) is 2.34. The number of rotatable bonds is 2. The Morgan fingerprint density at radius 3 is 2.38 bits per heavy atom. The molecule has 0 heterocycles. The zero-order chi connectivity index (χ0) is 6.62. The molecule has 0 N–H and O–H groups in total. The van der Waals surface area contributed by atoms with Gasteiger partial charge in [0.25, 0.3) is 0 Å². The van der Waals surface area contributed by atoms with E-state index < -0.39 is 0 Å². The summed E-state index contributed by atoms with van der Waals surface area (Å²) in [5.41, 5.74) is -0.0833. The summed E-state index contributed by atoms with van der Waals surface area (Å²) < 4.78 is 0. The predicted octanol–water partition coefficient (Wildman–Crippen LogP) is 2.22.